The van der Waals surface area contributed by atoms with Gasteiger partial charge in [-0.15, -0.1) is 0 Å². The summed E-state index contributed by atoms with van der Waals surface area (Å²) in [6, 6.07) is -0.844. The third-order valence-corrected chi connectivity index (χ3v) is 2.60. The fourth-order valence-corrected chi connectivity index (χ4v) is 1.58. The molecule has 4 N–H and O–H groups in total. The highest BCUT2D eigenvalue weighted by atomic mass is 16.4. The number of aliphatic carboxylic acids is 1. The van der Waals surface area contributed by atoms with Gasteiger partial charge in [0.1, 0.15) is 6.04 Å². The molecule has 1 atom stereocenters. The van der Waals surface area contributed by atoms with Gasteiger partial charge in [0.15, 0.2) is 0 Å². The van der Waals surface area contributed by atoms with Crippen molar-refractivity contribution >= 4 is 11.9 Å². The first-order valence-electron chi connectivity index (χ1n) is 6.34. The van der Waals surface area contributed by atoms with Gasteiger partial charge in [0, 0.05) is 6.42 Å². The number of carbonyl (C=O) groups excluding carboxylic acids is 1. The van der Waals surface area contributed by atoms with Crippen LogP contribution in [0.3, 0.4) is 0 Å². The van der Waals surface area contributed by atoms with Crippen LogP contribution in [0, 0.1) is 0 Å². The second-order valence-corrected chi connectivity index (χ2v) is 4.20. The van der Waals surface area contributed by atoms with E-state index in [0.717, 1.165) is 19.3 Å². The van der Waals surface area contributed by atoms with Crippen molar-refractivity contribution in [2.24, 2.45) is 5.73 Å². The quantitative estimate of drug-likeness (QED) is 0.504. The number of hydrogen-bond donors (Lipinski definition) is 3. The molecular formula is C12H24N2O3. The lowest BCUT2D eigenvalue weighted by Crippen LogP contribution is -2.41. The molecule has 0 saturated heterocycles. The highest BCUT2D eigenvalue weighted by Gasteiger charge is 2.18. The number of carboxylic acid groups (broad SMARTS) is 1. The maximum absolute atomic E-state index is 11.5. The molecule has 0 saturated carbocycles. The van der Waals surface area contributed by atoms with E-state index in [1.807, 2.05) is 0 Å². The van der Waals surface area contributed by atoms with E-state index in [1.165, 1.54) is 12.8 Å². The number of carbonyl (C=O) groups is 2. The predicted molar refractivity (Wildman–Crippen MR) is 66.6 cm³/mol. The zero-order valence-corrected chi connectivity index (χ0v) is 10.6. The molecule has 5 heteroatoms. The molecule has 0 aliphatic rings. The standard InChI is InChI=1S/C12H24N2O3/c1-2-3-4-5-6-7-11(15)14-10(8-9-13)12(16)17/h10H,2-9,13H2,1H3,(H,14,15)(H,16,17)/t10-/m0/s1. The van der Waals surface area contributed by atoms with Gasteiger partial charge in [-0.1, -0.05) is 32.6 Å². The highest BCUT2D eigenvalue weighted by Crippen LogP contribution is 2.05. The Morgan fingerprint density at radius 1 is 1.24 bits per heavy atom. The first-order valence-corrected chi connectivity index (χ1v) is 6.34. The molecule has 0 fully saturated rings. The third kappa shape index (κ3) is 8.68. The molecule has 1 amide bonds. The second kappa shape index (κ2) is 10.1. The Kier molecular flexibility index (Phi) is 9.43. The van der Waals surface area contributed by atoms with Crippen LogP contribution in [0.5, 0.6) is 0 Å². The first kappa shape index (κ1) is 15.9. The number of rotatable bonds is 10. The minimum atomic E-state index is -1.02. The Bertz CT molecular complexity index is 232. The Hall–Kier alpha value is -1.10. The second-order valence-electron chi connectivity index (χ2n) is 4.20. The van der Waals surface area contributed by atoms with Crippen LogP contribution in [0.25, 0.3) is 0 Å². The number of unbranched alkanes of at least 4 members (excludes halogenated alkanes) is 4. The molecule has 5 nitrogen and oxygen atoms in total. The minimum absolute atomic E-state index is 0.192. The molecule has 0 unspecified atom stereocenters. The Morgan fingerprint density at radius 3 is 2.41 bits per heavy atom. The molecular weight excluding hydrogens is 220 g/mol. The summed E-state index contributed by atoms with van der Waals surface area (Å²) in [5.41, 5.74) is 5.28. The number of hydrogen-bond acceptors (Lipinski definition) is 3. The van der Waals surface area contributed by atoms with Crippen LogP contribution >= 0.6 is 0 Å². The van der Waals surface area contributed by atoms with Crippen molar-refractivity contribution in [2.75, 3.05) is 6.54 Å². The monoisotopic (exact) mass is 244 g/mol. The van der Waals surface area contributed by atoms with Crippen LogP contribution in [0.1, 0.15) is 51.9 Å². The Balaban J connectivity index is 3.71. The number of amides is 1. The summed E-state index contributed by atoms with van der Waals surface area (Å²) in [5.74, 6) is -1.21. The lowest BCUT2D eigenvalue weighted by atomic mass is 10.1. The molecule has 0 bridgehead atoms. The van der Waals surface area contributed by atoms with E-state index in [4.69, 9.17) is 10.8 Å². The largest absolute Gasteiger partial charge is 0.480 e. The summed E-state index contributed by atoms with van der Waals surface area (Å²) >= 11 is 0. The molecule has 0 aliphatic carbocycles. The van der Waals surface area contributed by atoms with E-state index in [1.54, 1.807) is 0 Å². The van der Waals surface area contributed by atoms with E-state index in [0.29, 0.717) is 6.42 Å². The van der Waals surface area contributed by atoms with Crippen molar-refractivity contribution in [2.45, 2.75) is 57.9 Å². The lowest BCUT2D eigenvalue weighted by Gasteiger charge is -2.13. The molecule has 0 heterocycles. The molecule has 0 aromatic rings. The van der Waals surface area contributed by atoms with Crippen molar-refractivity contribution < 1.29 is 14.7 Å². The van der Waals surface area contributed by atoms with Crippen molar-refractivity contribution in [1.82, 2.24) is 5.32 Å². The summed E-state index contributed by atoms with van der Waals surface area (Å²) < 4.78 is 0. The summed E-state index contributed by atoms with van der Waals surface area (Å²) in [4.78, 5) is 22.2. The zero-order chi connectivity index (χ0) is 13.1. The fourth-order valence-electron chi connectivity index (χ4n) is 1.58. The predicted octanol–water partition coefficient (Wildman–Crippen LogP) is 1.27. The molecule has 17 heavy (non-hydrogen) atoms. The van der Waals surface area contributed by atoms with E-state index >= 15 is 0 Å². The van der Waals surface area contributed by atoms with Crippen molar-refractivity contribution in [3.05, 3.63) is 0 Å². The Morgan fingerprint density at radius 2 is 1.88 bits per heavy atom. The zero-order valence-electron chi connectivity index (χ0n) is 10.6. The average Bonchev–Trinajstić information content (AvgIpc) is 2.28. The summed E-state index contributed by atoms with van der Waals surface area (Å²) in [6.45, 7) is 2.39. The van der Waals surface area contributed by atoms with Gasteiger partial charge in [-0.05, 0) is 19.4 Å². The summed E-state index contributed by atoms with van der Waals surface area (Å²) in [7, 11) is 0. The normalized spacial score (nSPS) is 12.1. The molecule has 0 aromatic heterocycles. The van der Waals surface area contributed by atoms with Crippen LogP contribution in [-0.4, -0.2) is 29.6 Å². The molecule has 100 valence electrons. The average molecular weight is 244 g/mol. The van der Waals surface area contributed by atoms with Gasteiger partial charge in [-0.2, -0.15) is 0 Å². The van der Waals surface area contributed by atoms with Gasteiger partial charge in [-0.3, -0.25) is 4.79 Å². The highest BCUT2D eigenvalue weighted by molar-refractivity contribution is 5.83. The van der Waals surface area contributed by atoms with Crippen molar-refractivity contribution in [3.63, 3.8) is 0 Å². The van der Waals surface area contributed by atoms with E-state index in [2.05, 4.69) is 12.2 Å². The molecule has 0 aliphatic heterocycles. The lowest BCUT2D eigenvalue weighted by molar-refractivity contribution is -0.142. The van der Waals surface area contributed by atoms with Gasteiger partial charge in [-0.25, -0.2) is 4.79 Å². The van der Waals surface area contributed by atoms with Gasteiger partial charge >= 0.3 is 5.97 Å². The van der Waals surface area contributed by atoms with E-state index in [-0.39, 0.29) is 18.9 Å². The van der Waals surface area contributed by atoms with Crippen molar-refractivity contribution in [1.29, 1.82) is 0 Å². The Labute approximate surface area is 103 Å². The molecule has 0 spiro atoms. The SMILES string of the molecule is CCCCCCCC(=O)N[C@@H](CCN)C(=O)O. The van der Waals surface area contributed by atoms with Gasteiger partial charge < -0.3 is 16.2 Å². The maximum atomic E-state index is 11.5. The number of nitrogens with two attached hydrogens (primary N) is 1. The summed E-state index contributed by atoms with van der Waals surface area (Å²) in [5, 5.41) is 11.3. The number of carboxylic acids is 1. The van der Waals surface area contributed by atoms with Gasteiger partial charge in [0.05, 0.1) is 0 Å². The fraction of sp³-hybridized carbons (Fsp3) is 0.833. The van der Waals surface area contributed by atoms with Crippen LogP contribution in [0.2, 0.25) is 0 Å². The smallest absolute Gasteiger partial charge is 0.326 e. The van der Waals surface area contributed by atoms with Crippen LogP contribution < -0.4 is 11.1 Å². The van der Waals surface area contributed by atoms with Crippen LogP contribution in [-0.2, 0) is 9.59 Å². The van der Waals surface area contributed by atoms with Gasteiger partial charge in [0.25, 0.3) is 0 Å². The topological polar surface area (TPSA) is 92.4 Å². The number of nitrogens with one attached hydrogen (secondary N) is 1. The van der Waals surface area contributed by atoms with Crippen LogP contribution in [0.15, 0.2) is 0 Å². The molecule has 0 radical (unpaired) electrons. The first-order chi connectivity index (χ1) is 8.11. The minimum Gasteiger partial charge on any atom is -0.480 e. The maximum Gasteiger partial charge on any atom is 0.326 e. The van der Waals surface area contributed by atoms with E-state index < -0.39 is 12.0 Å². The van der Waals surface area contributed by atoms with Crippen molar-refractivity contribution in [3.8, 4) is 0 Å². The van der Waals surface area contributed by atoms with E-state index in [9.17, 15) is 9.59 Å². The molecule has 0 rings (SSSR count). The third-order valence-electron chi connectivity index (χ3n) is 2.60. The van der Waals surface area contributed by atoms with Crippen LogP contribution in [0.4, 0.5) is 0 Å². The molecule has 0 aromatic carbocycles. The van der Waals surface area contributed by atoms with Gasteiger partial charge in [0.2, 0.25) is 5.91 Å². The summed E-state index contributed by atoms with van der Waals surface area (Å²) in [6.07, 6.45) is 6.01.